The van der Waals surface area contributed by atoms with E-state index in [0.29, 0.717) is 19.4 Å². The molecule has 1 unspecified atom stereocenters. The Kier molecular flexibility index (Phi) is 4.83. The molecule has 0 spiro atoms. The van der Waals surface area contributed by atoms with E-state index in [9.17, 15) is 4.79 Å². The van der Waals surface area contributed by atoms with Crippen molar-refractivity contribution in [3.05, 3.63) is 29.8 Å². The number of amides is 1. The van der Waals surface area contributed by atoms with Gasteiger partial charge in [0.05, 0.1) is 16.9 Å². The van der Waals surface area contributed by atoms with Crippen molar-refractivity contribution in [2.45, 2.75) is 39.2 Å². The van der Waals surface area contributed by atoms with Gasteiger partial charge in [-0.3, -0.25) is 4.79 Å². The lowest BCUT2D eigenvalue weighted by Crippen LogP contribution is -2.50. The molecule has 0 aliphatic carbocycles. The molecule has 0 fully saturated rings. The van der Waals surface area contributed by atoms with Crippen LogP contribution >= 0.6 is 12.2 Å². The smallest absolute Gasteiger partial charge is 0.233 e. The van der Waals surface area contributed by atoms with Crippen molar-refractivity contribution >= 4 is 23.1 Å². The molecule has 0 bridgehead atoms. The highest BCUT2D eigenvalue weighted by molar-refractivity contribution is 7.80. The zero-order chi connectivity index (χ0) is 15.5. The predicted molar refractivity (Wildman–Crippen MR) is 87.4 cm³/mol. The maximum Gasteiger partial charge on any atom is 0.233 e. The summed E-state index contributed by atoms with van der Waals surface area (Å²) in [5.41, 5.74) is 6.22. The molecule has 3 N–H and O–H groups in total. The summed E-state index contributed by atoms with van der Waals surface area (Å²) in [7, 11) is 0. The van der Waals surface area contributed by atoms with E-state index >= 15 is 0 Å². The highest BCUT2D eigenvalue weighted by Gasteiger charge is 2.38. The molecule has 1 aliphatic heterocycles. The number of benzene rings is 1. The number of nitrogens with two attached hydrogens (primary N) is 1. The molecule has 114 valence electrons. The Hall–Kier alpha value is -1.62. The van der Waals surface area contributed by atoms with Gasteiger partial charge >= 0.3 is 0 Å². The minimum Gasteiger partial charge on any atom is -0.488 e. The molecule has 0 saturated heterocycles. The van der Waals surface area contributed by atoms with Crippen LogP contribution in [-0.4, -0.2) is 23.5 Å². The van der Waals surface area contributed by atoms with E-state index < -0.39 is 5.41 Å². The summed E-state index contributed by atoms with van der Waals surface area (Å²) in [5, 5.41) is 2.95. The van der Waals surface area contributed by atoms with Crippen LogP contribution in [-0.2, 0) is 11.2 Å². The van der Waals surface area contributed by atoms with E-state index in [-0.39, 0.29) is 17.0 Å². The fourth-order valence-electron chi connectivity index (χ4n) is 2.77. The van der Waals surface area contributed by atoms with Gasteiger partial charge in [-0.1, -0.05) is 44.3 Å². The van der Waals surface area contributed by atoms with Crippen LogP contribution < -0.4 is 15.8 Å². The van der Waals surface area contributed by atoms with E-state index in [4.69, 9.17) is 22.7 Å². The molecule has 1 heterocycles. The molecule has 0 radical (unpaired) electrons. The molecule has 0 saturated carbocycles. The van der Waals surface area contributed by atoms with E-state index in [1.54, 1.807) is 0 Å². The first-order chi connectivity index (χ1) is 10.0. The number of ether oxygens (including phenoxy) is 1. The van der Waals surface area contributed by atoms with E-state index in [1.807, 2.05) is 32.0 Å². The fraction of sp³-hybridized carbons (Fsp3) is 0.500. The largest absolute Gasteiger partial charge is 0.488 e. The van der Waals surface area contributed by atoms with Gasteiger partial charge in [0.2, 0.25) is 5.91 Å². The standard InChI is InChI=1S/C16H22N2O2S/c1-3-16(4-2,14(17)21)15(19)18-10-12-9-11-7-5-6-8-13(11)20-12/h5-8,12H,3-4,9-10H2,1-2H3,(H2,17,21)(H,18,19). The lowest BCUT2D eigenvalue weighted by molar-refractivity contribution is -0.128. The number of carbonyl (C=O) groups is 1. The predicted octanol–water partition coefficient (Wildman–Crippen LogP) is 2.20. The summed E-state index contributed by atoms with van der Waals surface area (Å²) in [5.74, 6) is 0.808. The van der Waals surface area contributed by atoms with Crippen LogP contribution in [0.2, 0.25) is 0 Å². The number of hydrogen-bond acceptors (Lipinski definition) is 3. The third-order valence-electron chi connectivity index (χ3n) is 4.32. The van der Waals surface area contributed by atoms with E-state index in [1.165, 1.54) is 5.56 Å². The van der Waals surface area contributed by atoms with Gasteiger partial charge in [-0.2, -0.15) is 0 Å². The lowest BCUT2D eigenvalue weighted by Gasteiger charge is -2.29. The Labute approximate surface area is 131 Å². The second-order valence-corrected chi connectivity index (χ2v) is 5.86. The van der Waals surface area contributed by atoms with Crippen LogP contribution in [0.15, 0.2) is 24.3 Å². The van der Waals surface area contributed by atoms with Gasteiger partial charge in [-0.15, -0.1) is 0 Å². The SMILES string of the molecule is CCC(CC)(C(=O)NCC1Cc2ccccc2O1)C(N)=S. The van der Waals surface area contributed by atoms with Crippen LogP contribution in [0.1, 0.15) is 32.3 Å². The highest BCUT2D eigenvalue weighted by Crippen LogP contribution is 2.29. The van der Waals surface area contributed by atoms with Crippen molar-refractivity contribution < 1.29 is 9.53 Å². The zero-order valence-electron chi connectivity index (χ0n) is 12.5. The maximum atomic E-state index is 12.5. The summed E-state index contributed by atoms with van der Waals surface area (Å²) < 4.78 is 5.82. The number of nitrogens with one attached hydrogen (secondary N) is 1. The van der Waals surface area contributed by atoms with Gasteiger partial charge in [0, 0.05) is 6.42 Å². The second kappa shape index (κ2) is 6.43. The normalized spacial score (nSPS) is 17.0. The molecular formula is C16H22N2O2S. The maximum absolute atomic E-state index is 12.5. The second-order valence-electron chi connectivity index (χ2n) is 5.42. The van der Waals surface area contributed by atoms with Gasteiger partial charge in [0.25, 0.3) is 0 Å². The Morgan fingerprint density at radius 3 is 2.67 bits per heavy atom. The minimum atomic E-state index is -0.749. The molecule has 1 atom stereocenters. The molecule has 1 aromatic carbocycles. The summed E-state index contributed by atoms with van der Waals surface area (Å²) in [6, 6.07) is 7.95. The number of rotatable bonds is 6. The lowest BCUT2D eigenvalue weighted by atomic mass is 9.81. The van der Waals surface area contributed by atoms with Crippen LogP contribution in [0.5, 0.6) is 5.75 Å². The zero-order valence-corrected chi connectivity index (χ0v) is 13.3. The van der Waals surface area contributed by atoms with Crippen LogP contribution in [0.3, 0.4) is 0 Å². The highest BCUT2D eigenvalue weighted by atomic mass is 32.1. The Morgan fingerprint density at radius 1 is 1.43 bits per heavy atom. The third kappa shape index (κ3) is 3.02. The summed E-state index contributed by atoms with van der Waals surface area (Å²) in [4.78, 5) is 12.7. The number of thiocarbonyl (C=S) groups is 1. The first-order valence-electron chi connectivity index (χ1n) is 7.36. The molecule has 5 heteroatoms. The van der Waals surface area contributed by atoms with Gasteiger partial charge in [-0.05, 0) is 24.5 Å². The number of fused-ring (bicyclic) bond motifs is 1. The van der Waals surface area contributed by atoms with Crippen molar-refractivity contribution in [1.29, 1.82) is 0 Å². The minimum absolute atomic E-state index is 0.0240. The molecule has 1 amide bonds. The average Bonchev–Trinajstić information content (AvgIpc) is 2.89. The van der Waals surface area contributed by atoms with Crippen molar-refractivity contribution in [3.8, 4) is 5.75 Å². The molecule has 0 aromatic heterocycles. The van der Waals surface area contributed by atoms with Crippen LogP contribution in [0.25, 0.3) is 0 Å². The first-order valence-corrected chi connectivity index (χ1v) is 7.77. The number of carbonyl (C=O) groups excluding carboxylic acids is 1. The van der Waals surface area contributed by atoms with Crippen LogP contribution in [0.4, 0.5) is 0 Å². The quantitative estimate of drug-likeness (QED) is 0.791. The van der Waals surface area contributed by atoms with E-state index in [2.05, 4.69) is 11.4 Å². The van der Waals surface area contributed by atoms with Gasteiger partial charge in [0.1, 0.15) is 11.9 Å². The molecule has 4 nitrogen and oxygen atoms in total. The Morgan fingerprint density at radius 2 is 2.10 bits per heavy atom. The molecule has 21 heavy (non-hydrogen) atoms. The van der Waals surface area contributed by atoms with E-state index in [0.717, 1.165) is 12.2 Å². The molecule has 1 aromatic rings. The topological polar surface area (TPSA) is 64.3 Å². The summed E-state index contributed by atoms with van der Waals surface area (Å²) in [6.07, 6.45) is 2.01. The number of para-hydroxylation sites is 1. The van der Waals surface area contributed by atoms with Gasteiger partial charge in [0.15, 0.2) is 0 Å². The monoisotopic (exact) mass is 306 g/mol. The van der Waals surface area contributed by atoms with Crippen LogP contribution in [0, 0.1) is 5.41 Å². The Bertz CT molecular complexity index is 516. The van der Waals surface area contributed by atoms with Crippen molar-refractivity contribution in [2.24, 2.45) is 11.1 Å². The van der Waals surface area contributed by atoms with Crippen molar-refractivity contribution in [3.63, 3.8) is 0 Å². The number of hydrogen-bond donors (Lipinski definition) is 2. The molecule has 2 rings (SSSR count). The fourth-order valence-corrected chi connectivity index (χ4v) is 3.16. The first kappa shape index (κ1) is 15.8. The van der Waals surface area contributed by atoms with Crippen molar-refractivity contribution in [1.82, 2.24) is 5.32 Å². The average molecular weight is 306 g/mol. The van der Waals surface area contributed by atoms with Gasteiger partial charge < -0.3 is 15.8 Å². The molecule has 1 aliphatic rings. The van der Waals surface area contributed by atoms with Crippen molar-refractivity contribution in [2.75, 3.05) is 6.54 Å². The Balaban J connectivity index is 1.95. The van der Waals surface area contributed by atoms with Gasteiger partial charge in [-0.25, -0.2) is 0 Å². The summed E-state index contributed by atoms with van der Waals surface area (Å²) >= 11 is 5.10. The third-order valence-corrected chi connectivity index (χ3v) is 4.71. The summed E-state index contributed by atoms with van der Waals surface area (Å²) in [6.45, 7) is 4.34. The molecular weight excluding hydrogens is 284 g/mol.